The number of esters is 1. The SMILES string of the molecule is CCOC(=O)COc1cccc(Cl)c1C=O. The molecule has 0 aliphatic rings. The molecule has 0 N–H and O–H groups in total. The van der Waals surface area contributed by atoms with Gasteiger partial charge in [0.25, 0.3) is 0 Å². The van der Waals surface area contributed by atoms with Crippen LogP contribution in [0.2, 0.25) is 5.02 Å². The molecule has 1 aromatic rings. The number of hydrogen-bond acceptors (Lipinski definition) is 4. The molecular weight excluding hydrogens is 232 g/mol. The standard InChI is InChI=1S/C11H11ClO4/c1-2-15-11(14)7-16-10-5-3-4-9(12)8(10)6-13/h3-6H,2,7H2,1H3. The van der Waals surface area contributed by atoms with Crippen LogP contribution in [0.3, 0.4) is 0 Å². The summed E-state index contributed by atoms with van der Waals surface area (Å²) in [4.78, 5) is 21.8. The summed E-state index contributed by atoms with van der Waals surface area (Å²) in [5.74, 6) is -0.213. The van der Waals surface area contributed by atoms with Crippen molar-refractivity contribution in [2.75, 3.05) is 13.2 Å². The van der Waals surface area contributed by atoms with Crippen LogP contribution in [0.25, 0.3) is 0 Å². The quantitative estimate of drug-likeness (QED) is 0.586. The first kappa shape index (κ1) is 12.5. The topological polar surface area (TPSA) is 52.6 Å². The Labute approximate surface area is 98.1 Å². The maximum Gasteiger partial charge on any atom is 0.344 e. The average molecular weight is 243 g/mol. The summed E-state index contributed by atoms with van der Waals surface area (Å²) in [6, 6.07) is 4.77. The number of carbonyl (C=O) groups is 2. The van der Waals surface area contributed by atoms with E-state index in [9.17, 15) is 9.59 Å². The van der Waals surface area contributed by atoms with Crippen molar-refractivity contribution < 1.29 is 19.1 Å². The van der Waals surface area contributed by atoms with Crippen LogP contribution in [0.15, 0.2) is 18.2 Å². The lowest BCUT2D eigenvalue weighted by molar-refractivity contribution is -0.145. The van der Waals surface area contributed by atoms with Crippen molar-refractivity contribution in [1.29, 1.82) is 0 Å². The lowest BCUT2D eigenvalue weighted by Crippen LogP contribution is -2.15. The van der Waals surface area contributed by atoms with Crippen LogP contribution in [-0.2, 0) is 9.53 Å². The summed E-state index contributed by atoms with van der Waals surface area (Å²) in [5, 5.41) is 0.288. The minimum atomic E-state index is -0.487. The van der Waals surface area contributed by atoms with Gasteiger partial charge in [-0.25, -0.2) is 4.79 Å². The predicted octanol–water partition coefficient (Wildman–Crippen LogP) is 2.09. The summed E-state index contributed by atoms with van der Waals surface area (Å²) < 4.78 is 9.82. The Hall–Kier alpha value is -1.55. The van der Waals surface area contributed by atoms with Crippen molar-refractivity contribution in [2.24, 2.45) is 0 Å². The van der Waals surface area contributed by atoms with Gasteiger partial charge in [-0.15, -0.1) is 0 Å². The van der Waals surface area contributed by atoms with E-state index < -0.39 is 5.97 Å². The highest BCUT2D eigenvalue weighted by Gasteiger charge is 2.09. The molecule has 0 unspecified atom stereocenters. The Bertz CT molecular complexity index is 390. The summed E-state index contributed by atoms with van der Waals surface area (Å²) in [7, 11) is 0. The van der Waals surface area contributed by atoms with Gasteiger partial charge < -0.3 is 9.47 Å². The second-order valence-electron chi connectivity index (χ2n) is 2.86. The van der Waals surface area contributed by atoms with Crippen molar-refractivity contribution in [3.05, 3.63) is 28.8 Å². The zero-order valence-corrected chi connectivity index (χ0v) is 9.49. The number of benzene rings is 1. The van der Waals surface area contributed by atoms with E-state index in [1.807, 2.05) is 0 Å². The van der Waals surface area contributed by atoms with Crippen molar-refractivity contribution in [3.63, 3.8) is 0 Å². The van der Waals surface area contributed by atoms with E-state index in [-0.39, 0.29) is 29.5 Å². The van der Waals surface area contributed by atoms with Gasteiger partial charge in [-0.05, 0) is 19.1 Å². The number of hydrogen-bond donors (Lipinski definition) is 0. The Kier molecular flexibility index (Phi) is 4.79. The van der Waals surface area contributed by atoms with Crippen molar-refractivity contribution >= 4 is 23.9 Å². The van der Waals surface area contributed by atoms with E-state index in [2.05, 4.69) is 4.74 Å². The Morgan fingerprint density at radius 2 is 2.25 bits per heavy atom. The molecule has 0 saturated carbocycles. The van der Waals surface area contributed by atoms with E-state index in [1.54, 1.807) is 25.1 Å². The lowest BCUT2D eigenvalue weighted by Gasteiger charge is -2.08. The maximum absolute atomic E-state index is 11.0. The molecule has 0 heterocycles. The zero-order valence-electron chi connectivity index (χ0n) is 8.73. The van der Waals surface area contributed by atoms with Crippen LogP contribution in [0.4, 0.5) is 0 Å². The van der Waals surface area contributed by atoms with Crippen LogP contribution in [-0.4, -0.2) is 25.5 Å². The third-order valence-electron chi connectivity index (χ3n) is 1.78. The number of rotatable bonds is 5. The number of aldehydes is 1. The minimum absolute atomic E-state index is 0.230. The molecule has 0 aliphatic heterocycles. The summed E-state index contributed by atoms with van der Waals surface area (Å²) in [5.41, 5.74) is 0.230. The van der Waals surface area contributed by atoms with Crippen LogP contribution >= 0.6 is 11.6 Å². The first-order valence-electron chi connectivity index (χ1n) is 4.71. The molecule has 5 heteroatoms. The van der Waals surface area contributed by atoms with Gasteiger partial charge in [-0.2, -0.15) is 0 Å². The van der Waals surface area contributed by atoms with E-state index in [1.165, 1.54) is 0 Å². The monoisotopic (exact) mass is 242 g/mol. The normalized spacial score (nSPS) is 9.62. The van der Waals surface area contributed by atoms with Gasteiger partial charge in [0, 0.05) is 0 Å². The van der Waals surface area contributed by atoms with Gasteiger partial charge in [0.2, 0.25) is 0 Å². The third-order valence-corrected chi connectivity index (χ3v) is 2.11. The Morgan fingerprint density at radius 3 is 2.88 bits per heavy atom. The molecule has 0 radical (unpaired) electrons. The highest BCUT2D eigenvalue weighted by Crippen LogP contribution is 2.24. The molecule has 1 aromatic carbocycles. The molecule has 86 valence electrons. The average Bonchev–Trinajstić information content (AvgIpc) is 2.27. The molecule has 16 heavy (non-hydrogen) atoms. The molecule has 1 rings (SSSR count). The number of carbonyl (C=O) groups excluding carboxylic acids is 2. The fourth-order valence-electron chi connectivity index (χ4n) is 1.10. The molecule has 0 spiro atoms. The lowest BCUT2D eigenvalue weighted by atomic mass is 10.2. The van der Waals surface area contributed by atoms with Crippen LogP contribution < -0.4 is 4.74 Å². The summed E-state index contributed by atoms with van der Waals surface area (Å²) in [6.07, 6.45) is 0.586. The van der Waals surface area contributed by atoms with Crippen LogP contribution in [0.5, 0.6) is 5.75 Å². The van der Waals surface area contributed by atoms with Crippen LogP contribution in [0, 0.1) is 0 Å². The van der Waals surface area contributed by atoms with Gasteiger partial charge in [0.05, 0.1) is 17.2 Å². The number of ether oxygens (including phenoxy) is 2. The fraction of sp³-hybridized carbons (Fsp3) is 0.273. The van der Waals surface area contributed by atoms with Gasteiger partial charge in [0.1, 0.15) is 5.75 Å². The summed E-state index contributed by atoms with van der Waals surface area (Å²) >= 11 is 5.78. The smallest absolute Gasteiger partial charge is 0.344 e. The molecule has 0 aliphatic carbocycles. The Morgan fingerprint density at radius 1 is 1.50 bits per heavy atom. The molecular formula is C11H11ClO4. The largest absolute Gasteiger partial charge is 0.481 e. The molecule has 0 amide bonds. The molecule has 0 fully saturated rings. The molecule has 0 atom stereocenters. The molecule has 0 bridgehead atoms. The van der Waals surface area contributed by atoms with Crippen molar-refractivity contribution in [3.8, 4) is 5.75 Å². The molecule has 0 aromatic heterocycles. The summed E-state index contributed by atoms with van der Waals surface area (Å²) in [6.45, 7) is 1.75. The third kappa shape index (κ3) is 3.24. The maximum atomic E-state index is 11.0. The fourth-order valence-corrected chi connectivity index (χ4v) is 1.31. The Balaban J connectivity index is 2.70. The van der Waals surface area contributed by atoms with Crippen molar-refractivity contribution in [2.45, 2.75) is 6.92 Å². The second-order valence-corrected chi connectivity index (χ2v) is 3.27. The van der Waals surface area contributed by atoms with E-state index in [4.69, 9.17) is 16.3 Å². The zero-order chi connectivity index (χ0) is 12.0. The number of halogens is 1. The first-order chi connectivity index (χ1) is 7.69. The van der Waals surface area contributed by atoms with Gasteiger partial charge in [0.15, 0.2) is 12.9 Å². The highest BCUT2D eigenvalue weighted by molar-refractivity contribution is 6.33. The van der Waals surface area contributed by atoms with Crippen LogP contribution in [0.1, 0.15) is 17.3 Å². The van der Waals surface area contributed by atoms with Gasteiger partial charge in [-0.1, -0.05) is 17.7 Å². The van der Waals surface area contributed by atoms with Crippen molar-refractivity contribution in [1.82, 2.24) is 0 Å². The molecule has 4 nitrogen and oxygen atoms in total. The van der Waals surface area contributed by atoms with Gasteiger partial charge >= 0.3 is 5.97 Å². The van der Waals surface area contributed by atoms with E-state index in [0.717, 1.165) is 0 Å². The highest BCUT2D eigenvalue weighted by atomic mass is 35.5. The minimum Gasteiger partial charge on any atom is -0.481 e. The second kappa shape index (κ2) is 6.12. The van der Waals surface area contributed by atoms with E-state index in [0.29, 0.717) is 6.29 Å². The van der Waals surface area contributed by atoms with E-state index >= 15 is 0 Å². The molecule has 0 saturated heterocycles. The van der Waals surface area contributed by atoms with Gasteiger partial charge in [-0.3, -0.25) is 4.79 Å². The predicted molar refractivity (Wildman–Crippen MR) is 59.0 cm³/mol. The first-order valence-corrected chi connectivity index (χ1v) is 5.09.